The molecule has 1 fully saturated rings. The minimum absolute atomic E-state index is 0.0818. The van der Waals surface area contributed by atoms with Gasteiger partial charge in [0.15, 0.2) is 5.82 Å². The molecule has 0 spiro atoms. The maximum atomic E-state index is 9.58. The van der Waals surface area contributed by atoms with E-state index in [1.54, 1.807) is 6.20 Å². The Morgan fingerprint density at radius 1 is 1.22 bits per heavy atom. The molecule has 27 heavy (non-hydrogen) atoms. The molecule has 7 heteroatoms. The predicted octanol–water partition coefficient (Wildman–Crippen LogP) is 3.08. The number of ether oxygens (including phenoxy) is 2. The van der Waals surface area contributed by atoms with Crippen LogP contribution in [0.25, 0.3) is 10.9 Å². The van der Waals surface area contributed by atoms with Gasteiger partial charge in [0.25, 0.3) is 0 Å². The lowest BCUT2D eigenvalue weighted by molar-refractivity contribution is 0.141. The highest BCUT2D eigenvalue weighted by Crippen LogP contribution is 2.35. The monoisotopic (exact) mass is 363 g/mol. The molecule has 138 valence electrons. The van der Waals surface area contributed by atoms with Gasteiger partial charge in [0.1, 0.15) is 12.0 Å². The Bertz CT molecular complexity index is 964. The summed E-state index contributed by atoms with van der Waals surface area (Å²) in [5, 5.41) is 14.8. The zero-order valence-electron chi connectivity index (χ0n) is 14.9. The second kappa shape index (κ2) is 7.64. The second-order valence-electron chi connectivity index (χ2n) is 6.61. The van der Waals surface area contributed by atoms with Crippen molar-refractivity contribution >= 4 is 16.7 Å². The van der Waals surface area contributed by atoms with Crippen molar-refractivity contribution in [2.24, 2.45) is 5.92 Å². The van der Waals surface area contributed by atoms with E-state index in [-0.39, 0.29) is 12.0 Å². The Balaban J connectivity index is 1.69. The van der Waals surface area contributed by atoms with Crippen LogP contribution in [0, 0.1) is 17.2 Å². The average molecular weight is 363 g/mol. The van der Waals surface area contributed by atoms with Gasteiger partial charge in [0, 0.05) is 19.4 Å². The normalized spacial score (nSPS) is 20.1. The summed E-state index contributed by atoms with van der Waals surface area (Å²) in [6, 6.07) is 14.1. The maximum Gasteiger partial charge on any atom is 0.227 e. The van der Waals surface area contributed by atoms with Crippen molar-refractivity contribution in [3.05, 3.63) is 48.2 Å². The molecule has 1 aliphatic rings. The minimum Gasteiger partial charge on any atom is -0.472 e. The van der Waals surface area contributed by atoms with Crippen LogP contribution in [0.3, 0.4) is 0 Å². The first-order valence-electron chi connectivity index (χ1n) is 9.04. The third kappa shape index (κ3) is 3.44. The van der Waals surface area contributed by atoms with Gasteiger partial charge in [-0.3, -0.25) is 4.68 Å². The first-order chi connectivity index (χ1) is 13.3. The highest BCUT2D eigenvalue weighted by atomic mass is 16.5. The molecule has 0 amide bonds. The van der Waals surface area contributed by atoms with Crippen molar-refractivity contribution in [2.45, 2.75) is 25.5 Å². The van der Waals surface area contributed by atoms with Crippen LogP contribution in [0.15, 0.2) is 42.6 Å². The Kier molecular flexibility index (Phi) is 4.90. The lowest BCUT2D eigenvalue weighted by atomic mass is 9.96. The molecule has 2 N–H and O–H groups in total. The molecule has 3 aromatic rings. The fourth-order valence-electron chi connectivity index (χ4n) is 3.53. The van der Waals surface area contributed by atoms with Crippen LogP contribution >= 0.6 is 0 Å². The number of benzene rings is 1. The molecule has 1 aliphatic heterocycles. The molecule has 2 atom stereocenters. The Labute approximate surface area is 157 Å². The van der Waals surface area contributed by atoms with Gasteiger partial charge in [-0.05, 0) is 24.5 Å². The summed E-state index contributed by atoms with van der Waals surface area (Å²) in [7, 11) is 0. The van der Waals surface area contributed by atoms with Crippen molar-refractivity contribution in [1.29, 1.82) is 5.26 Å². The maximum absolute atomic E-state index is 9.58. The number of rotatable bonds is 4. The van der Waals surface area contributed by atoms with E-state index in [2.05, 4.69) is 16.2 Å². The third-order valence-electron chi connectivity index (χ3n) is 4.91. The van der Waals surface area contributed by atoms with Crippen LogP contribution in [0.5, 0.6) is 5.88 Å². The molecule has 0 radical (unpaired) electrons. The van der Waals surface area contributed by atoms with E-state index in [9.17, 15) is 5.26 Å². The quantitative estimate of drug-likeness (QED) is 0.765. The molecular formula is C20H21N5O2. The molecule has 0 saturated carbocycles. The van der Waals surface area contributed by atoms with E-state index >= 15 is 0 Å². The number of nitrogens with two attached hydrogens (primary N) is 1. The lowest BCUT2D eigenvalue weighted by Crippen LogP contribution is -2.19. The SMILES string of the molecule is N#C[C@@H]1CCOCC[C@H]1n1nc(N)c2c(OCc3ccccc3)nccc21. The number of nitrogens with zero attached hydrogens (tertiary/aromatic N) is 4. The van der Waals surface area contributed by atoms with Gasteiger partial charge in [-0.15, -0.1) is 0 Å². The van der Waals surface area contributed by atoms with Gasteiger partial charge in [0.05, 0.1) is 23.5 Å². The molecule has 1 aromatic carbocycles. The van der Waals surface area contributed by atoms with Crippen LogP contribution in [0.4, 0.5) is 5.82 Å². The van der Waals surface area contributed by atoms with Crippen LogP contribution in [-0.2, 0) is 11.3 Å². The predicted molar refractivity (Wildman–Crippen MR) is 101 cm³/mol. The van der Waals surface area contributed by atoms with Crippen molar-refractivity contribution in [1.82, 2.24) is 14.8 Å². The van der Waals surface area contributed by atoms with Crippen molar-refractivity contribution in [3.63, 3.8) is 0 Å². The number of nitriles is 1. The van der Waals surface area contributed by atoms with E-state index in [1.165, 1.54) is 0 Å². The van der Waals surface area contributed by atoms with Gasteiger partial charge >= 0.3 is 0 Å². The number of hydrogen-bond acceptors (Lipinski definition) is 6. The summed E-state index contributed by atoms with van der Waals surface area (Å²) < 4.78 is 13.3. The molecule has 0 bridgehead atoms. The minimum atomic E-state index is -0.170. The van der Waals surface area contributed by atoms with E-state index < -0.39 is 0 Å². The summed E-state index contributed by atoms with van der Waals surface area (Å²) in [6.07, 6.45) is 3.09. The smallest absolute Gasteiger partial charge is 0.227 e. The number of anilines is 1. The lowest BCUT2D eigenvalue weighted by Gasteiger charge is -2.20. The first kappa shape index (κ1) is 17.3. The summed E-state index contributed by atoms with van der Waals surface area (Å²) in [5.41, 5.74) is 8.09. The molecule has 1 saturated heterocycles. The number of fused-ring (bicyclic) bond motifs is 1. The molecule has 0 aliphatic carbocycles. The Morgan fingerprint density at radius 3 is 2.85 bits per heavy atom. The number of nitrogen functional groups attached to an aromatic ring is 1. The zero-order chi connectivity index (χ0) is 18.6. The fraction of sp³-hybridized carbons (Fsp3) is 0.350. The highest BCUT2D eigenvalue weighted by Gasteiger charge is 2.29. The fourth-order valence-corrected chi connectivity index (χ4v) is 3.53. The molecule has 7 nitrogen and oxygen atoms in total. The van der Waals surface area contributed by atoms with Gasteiger partial charge in [-0.25, -0.2) is 4.98 Å². The van der Waals surface area contributed by atoms with Gasteiger partial charge < -0.3 is 15.2 Å². The Morgan fingerprint density at radius 2 is 2.04 bits per heavy atom. The average Bonchev–Trinajstić information content (AvgIpc) is 2.89. The van der Waals surface area contributed by atoms with Crippen molar-refractivity contribution < 1.29 is 9.47 Å². The van der Waals surface area contributed by atoms with Crippen molar-refractivity contribution in [3.8, 4) is 11.9 Å². The summed E-state index contributed by atoms with van der Waals surface area (Å²) in [6.45, 7) is 1.60. The largest absolute Gasteiger partial charge is 0.472 e. The van der Waals surface area contributed by atoms with Crippen LogP contribution in [0.2, 0.25) is 0 Å². The molecule has 2 aromatic heterocycles. The number of pyridine rings is 1. The molecule has 3 heterocycles. The first-order valence-corrected chi connectivity index (χ1v) is 9.04. The van der Waals surface area contributed by atoms with E-state index in [4.69, 9.17) is 15.2 Å². The van der Waals surface area contributed by atoms with Gasteiger partial charge in [0.2, 0.25) is 5.88 Å². The van der Waals surface area contributed by atoms with E-state index in [0.29, 0.717) is 43.3 Å². The summed E-state index contributed by atoms with van der Waals surface area (Å²) in [5.74, 6) is 0.651. The molecule has 4 rings (SSSR count). The highest BCUT2D eigenvalue weighted by molar-refractivity contribution is 5.93. The summed E-state index contributed by atoms with van der Waals surface area (Å²) in [4.78, 5) is 4.35. The van der Waals surface area contributed by atoms with Crippen LogP contribution < -0.4 is 10.5 Å². The topological polar surface area (TPSA) is 99.0 Å². The number of hydrogen-bond donors (Lipinski definition) is 1. The standard InChI is InChI=1S/C20H21N5O2/c21-12-15-7-10-26-11-8-16(15)25-17-6-9-23-20(18(17)19(22)24-25)27-13-14-4-2-1-3-5-14/h1-6,9,15-16H,7-8,10-11,13H2,(H2,22,24)/t15-,16+/m0/s1. The Hall–Kier alpha value is -3.11. The van der Waals surface area contributed by atoms with Crippen LogP contribution in [0.1, 0.15) is 24.4 Å². The van der Waals surface area contributed by atoms with E-state index in [0.717, 1.165) is 17.5 Å². The zero-order valence-corrected chi connectivity index (χ0v) is 14.9. The number of aromatic nitrogens is 3. The van der Waals surface area contributed by atoms with Gasteiger partial charge in [-0.1, -0.05) is 30.3 Å². The summed E-state index contributed by atoms with van der Waals surface area (Å²) >= 11 is 0. The van der Waals surface area contributed by atoms with E-state index in [1.807, 2.05) is 41.1 Å². The van der Waals surface area contributed by atoms with Gasteiger partial charge in [-0.2, -0.15) is 10.4 Å². The van der Waals surface area contributed by atoms with Crippen LogP contribution in [-0.4, -0.2) is 28.0 Å². The van der Waals surface area contributed by atoms with Crippen molar-refractivity contribution in [2.75, 3.05) is 18.9 Å². The molecular weight excluding hydrogens is 342 g/mol. The second-order valence-corrected chi connectivity index (χ2v) is 6.61. The molecule has 0 unspecified atom stereocenters. The third-order valence-corrected chi connectivity index (χ3v) is 4.91.